The highest BCUT2D eigenvalue weighted by molar-refractivity contribution is 5.92. The number of anilines is 2. The second-order valence-electron chi connectivity index (χ2n) is 5.94. The Bertz CT molecular complexity index is 897. The Morgan fingerprint density at radius 3 is 2.15 bits per heavy atom. The van der Waals surface area contributed by atoms with Gasteiger partial charge in [0.2, 0.25) is 5.95 Å². The fourth-order valence-corrected chi connectivity index (χ4v) is 3.19. The largest absolute Gasteiger partial charge is 0.493 e. The van der Waals surface area contributed by atoms with Crippen molar-refractivity contribution in [2.75, 3.05) is 50.2 Å². The summed E-state index contributed by atoms with van der Waals surface area (Å²) in [6, 6.07) is 5.65. The smallest absolute Gasteiger partial charge is 0.225 e. The van der Waals surface area contributed by atoms with Crippen LogP contribution >= 0.6 is 0 Å². The van der Waals surface area contributed by atoms with Gasteiger partial charge >= 0.3 is 0 Å². The van der Waals surface area contributed by atoms with E-state index in [1.54, 1.807) is 32.9 Å². The molecule has 1 fully saturated rings. The molecule has 26 heavy (non-hydrogen) atoms. The zero-order valence-electron chi connectivity index (χ0n) is 14.8. The number of piperazine rings is 1. The van der Waals surface area contributed by atoms with Crippen LogP contribution in [0.5, 0.6) is 11.5 Å². The highest BCUT2D eigenvalue weighted by Crippen LogP contribution is 2.34. The van der Waals surface area contributed by atoms with E-state index in [-0.39, 0.29) is 0 Å². The average Bonchev–Trinajstić information content (AvgIpc) is 2.73. The Morgan fingerprint density at radius 1 is 0.808 bits per heavy atom. The first kappa shape index (κ1) is 16.3. The number of hydrogen-bond acceptors (Lipinski definition) is 8. The molecule has 2 aromatic heterocycles. The summed E-state index contributed by atoms with van der Waals surface area (Å²) in [7, 11) is 3.25. The predicted molar refractivity (Wildman–Crippen MR) is 99.1 cm³/mol. The van der Waals surface area contributed by atoms with E-state index in [0.717, 1.165) is 48.8 Å². The van der Waals surface area contributed by atoms with Crippen molar-refractivity contribution < 1.29 is 9.47 Å². The van der Waals surface area contributed by atoms with Crippen LogP contribution in [-0.2, 0) is 0 Å². The minimum absolute atomic E-state index is 0.663. The van der Waals surface area contributed by atoms with Crippen LogP contribution < -0.4 is 19.3 Å². The van der Waals surface area contributed by atoms with Gasteiger partial charge in [-0.05, 0) is 12.1 Å². The molecule has 1 saturated heterocycles. The molecule has 0 atom stereocenters. The van der Waals surface area contributed by atoms with E-state index < -0.39 is 0 Å². The number of nitrogens with zero attached hydrogens (tertiary/aromatic N) is 6. The normalized spacial score (nSPS) is 14.5. The molecule has 0 amide bonds. The molecule has 4 rings (SSSR count). The van der Waals surface area contributed by atoms with Crippen LogP contribution in [0.15, 0.2) is 36.9 Å². The number of ether oxygens (including phenoxy) is 2. The maximum absolute atomic E-state index is 5.44. The molecule has 0 saturated carbocycles. The fraction of sp³-hybridized carbons (Fsp3) is 0.333. The topological polar surface area (TPSA) is 76.5 Å². The number of rotatable bonds is 4. The number of hydrogen-bond donors (Lipinski definition) is 0. The number of fused-ring (bicyclic) bond motifs is 1. The standard InChI is InChI=1S/C18H20N6O2/c1-25-15-10-13-14(11-16(15)26-2)21-12-22-17(13)23-6-8-24(9-7-23)18-19-4-3-5-20-18/h3-5,10-12H,6-9H2,1-2H3. The van der Waals surface area contributed by atoms with Crippen molar-refractivity contribution in [2.24, 2.45) is 0 Å². The molecule has 0 N–H and O–H groups in total. The first-order valence-electron chi connectivity index (χ1n) is 8.44. The van der Waals surface area contributed by atoms with Crippen molar-refractivity contribution in [3.05, 3.63) is 36.9 Å². The Hall–Kier alpha value is -3.16. The molecule has 8 heteroatoms. The highest BCUT2D eigenvalue weighted by Gasteiger charge is 2.22. The van der Waals surface area contributed by atoms with Crippen LogP contribution in [0.3, 0.4) is 0 Å². The SMILES string of the molecule is COc1cc2ncnc(N3CCN(c4ncccn4)CC3)c2cc1OC. The van der Waals surface area contributed by atoms with Gasteiger partial charge in [-0.15, -0.1) is 0 Å². The van der Waals surface area contributed by atoms with Gasteiger partial charge in [0.25, 0.3) is 0 Å². The Morgan fingerprint density at radius 2 is 1.46 bits per heavy atom. The molecule has 3 heterocycles. The second kappa shape index (κ2) is 6.99. The summed E-state index contributed by atoms with van der Waals surface area (Å²) in [5, 5.41) is 0.953. The van der Waals surface area contributed by atoms with Gasteiger partial charge in [-0.3, -0.25) is 0 Å². The molecule has 1 aliphatic rings. The summed E-state index contributed by atoms with van der Waals surface area (Å²) >= 11 is 0. The molecule has 1 aliphatic heterocycles. The van der Waals surface area contributed by atoms with Crippen molar-refractivity contribution >= 4 is 22.7 Å². The zero-order chi connectivity index (χ0) is 17.9. The minimum atomic E-state index is 0.663. The summed E-state index contributed by atoms with van der Waals surface area (Å²) in [5.74, 6) is 3.01. The molecule has 0 spiro atoms. The van der Waals surface area contributed by atoms with Gasteiger partial charge in [-0.25, -0.2) is 19.9 Å². The lowest BCUT2D eigenvalue weighted by atomic mass is 10.2. The van der Waals surface area contributed by atoms with Crippen molar-refractivity contribution in [1.82, 2.24) is 19.9 Å². The van der Waals surface area contributed by atoms with Gasteiger partial charge < -0.3 is 19.3 Å². The van der Waals surface area contributed by atoms with Gasteiger partial charge in [-0.2, -0.15) is 0 Å². The van der Waals surface area contributed by atoms with Crippen LogP contribution in [0.1, 0.15) is 0 Å². The van der Waals surface area contributed by atoms with Gasteiger partial charge in [0.15, 0.2) is 11.5 Å². The lowest BCUT2D eigenvalue weighted by Crippen LogP contribution is -2.47. The third-order valence-corrected chi connectivity index (χ3v) is 4.53. The van der Waals surface area contributed by atoms with Crippen molar-refractivity contribution in [1.29, 1.82) is 0 Å². The molecule has 1 aromatic carbocycles. The van der Waals surface area contributed by atoms with Gasteiger partial charge in [0.05, 0.1) is 19.7 Å². The predicted octanol–water partition coefficient (Wildman–Crippen LogP) is 1.76. The van der Waals surface area contributed by atoms with E-state index in [9.17, 15) is 0 Å². The summed E-state index contributed by atoms with van der Waals surface area (Å²) in [5.41, 5.74) is 0.835. The van der Waals surface area contributed by atoms with Gasteiger partial charge in [0, 0.05) is 50.0 Å². The van der Waals surface area contributed by atoms with Gasteiger partial charge in [0.1, 0.15) is 12.1 Å². The Balaban J connectivity index is 1.61. The molecule has 3 aromatic rings. The van der Waals surface area contributed by atoms with E-state index in [0.29, 0.717) is 11.5 Å². The number of aromatic nitrogens is 4. The van der Waals surface area contributed by atoms with E-state index in [1.165, 1.54) is 0 Å². The molecular weight excluding hydrogens is 332 g/mol. The van der Waals surface area contributed by atoms with Gasteiger partial charge in [-0.1, -0.05) is 0 Å². The lowest BCUT2D eigenvalue weighted by molar-refractivity contribution is 0.356. The molecular formula is C18H20N6O2. The average molecular weight is 352 g/mol. The van der Waals surface area contributed by atoms with Crippen LogP contribution in [0.4, 0.5) is 11.8 Å². The summed E-state index contributed by atoms with van der Waals surface area (Å²) in [6.45, 7) is 3.34. The van der Waals surface area contributed by atoms with E-state index in [4.69, 9.17) is 9.47 Å². The summed E-state index contributed by atoms with van der Waals surface area (Å²) in [6.07, 6.45) is 5.13. The Kier molecular flexibility index (Phi) is 4.39. The van der Waals surface area contributed by atoms with Crippen molar-refractivity contribution in [3.63, 3.8) is 0 Å². The molecule has 8 nitrogen and oxygen atoms in total. The van der Waals surface area contributed by atoms with E-state index in [2.05, 4.69) is 29.7 Å². The Labute approximate surface area is 151 Å². The molecule has 0 radical (unpaired) electrons. The fourth-order valence-electron chi connectivity index (χ4n) is 3.19. The van der Waals surface area contributed by atoms with Crippen molar-refractivity contribution in [3.8, 4) is 11.5 Å². The number of benzene rings is 1. The first-order valence-corrected chi connectivity index (χ1v) is 8.44. The summed E-state index contributed by atoms with van der Waals surface area (Å²) < 4.78 is 10.8. The van der Waals surface area contributed by atoms with Crippen LogP contribution in [-0.4, -0.2) is 60.3 Å². The monoisotopic (exact) mass is 352 g/mol. The lowest BCUT2D eigenvalue weighted by Gasteiger charge is -2.35. The second-order valence-corrected chi connectivity index (χ2v) is 5.94. The summed E-state index contributed by atoms with van der Waals surface area (Å²) in [4.78, 5) is 22.0. The minimum Gasteiger partial charge on any atom is -0.493 e. The number of methoxy groups -OCH3 is 2. The third kappa shape index (κ3) is 2.94. The van der Waals surface area contributed by atoms with Crippen LogP contribution in [0, 0.1) is 0 Å². The van der Waals surface area contributed by atoms with E-state index in [1.807, 2.05) is 18.2 Å². The molecule has 0 unspecified atom stereocenters. The van der Waals surface area contributed by atoms with E-state index >= 15 is 0 Å². The van der Waals surface area contributed by atoms with Crippen molar-refractivity contribution in [2.45, 2.75) is 0 Å². The maximum Gasteiger partial charge on any atom is 0.225 e. The molecule has 134 valence electrons. The van der Waals surface area contributed by atoms with Crippen LogP contribution in [0.25, 0.3) is 10.9 Å². The first-order chi connectivity index (χ1) is 12.8. The third-order valence-electron chi connectivity index (χ3n) is 4.53. The molecule has 0 aliphatic carbocycles. The maximum atomic E-state index is 5.44. The quantitative estimate of drug-likeness (QED) is 0.703. The zero-order valence-corrected chi connectivity index (χ0v) is 14.8. The molecule has 0 bridgehead atoms. The van der Waals surface area contributed by atoms with Crippen LogP contribution in [0.2, 0.25) is 0 Å². The highest BCUT2D eigenvalue weighted by atomic mass is 16.5.